The van der Waals surface area contributed by atoms with Gasteiger partial charge in [-0.25, -0.2) is 0 Å². The number of aryl methyl sites for hydroxylation is 1. The molecule has 1 fully saturated rings. The predicted octanol–water partition coefficient (Wildman–Crippen LogP) is 2.93. The summed E-state index contributed by atoms with van der Waals surface area (Å²) < 4.78 is 3.09. The molecule has 0 atom stereocenters. The van der Waals surface area contributed by atoms with Crippen molar-refractivity contribution < 1.29 is 0 Å². The number of aromatic nitrogens is 3. The smallest absolute Gasteiger partial charge is 0.166 e. The van der Waals surface area contributed by atoms with E-state index < -0.39 is 0 Å². The molecule has 2 aromatic rings. The fourth-order valence-electron chi connectivity index (χ4n) is 2.05. The van der Waals surface area contributed by atoms with Crippen LogP contribution < -0.4 is 5.73 Å². The number of nitrogen functional groups attached to an aromatic ring is 1. The van der Waals surface area contributed by atoms with Crippen LogP contribution in [0.4, 0.5) is 5.69 Å². The van der Waals surface area contributed by atoms with Crippen LogP contribution in [0.15, 0.2) is 22.7 Å². The second kappa shape index (κ2) is 3.84. The lowest BCUT2D eigenvalue weighted by Gasteiger charge is -2.09. The molecule has 0 bridgehead atoms. The summed E-state index contributed by atoms with van der Waals surface area (Å²) in [6, 6.07) is 6.45. The van der Waals surface area contributed by atoms with Gasteiger partial charge in [-0.1, -0.05) is 6.07 Å². The lowest BCUT2D eigenvalue weighted by molar-refractivity contribution is 0.717. The number of nitrogens with two attached hydrogens (primary N) is 1. The topological polar surface area (TPSA) is 56.7 Å². The monoisotopic (exact) mass is 292 g/mol. The van der Waals surface area contributed by atoms with E-state index in [-0.39, 0.29) is 0 Å². The van der Waals surface area contributed by atoms with Gasteiger partial charge >= 0.3 is 0 Å². The van der Waals surface area contributed by atoms with E-state index in [0.29, 0.717) is 6.04 Å². The normalized spacial score (nSPS) is 15.2. The molecule has 17 heavy (non-hydrogen) atoms. The molecule has 0 radical (unpaired) electrons. The van der Waals surface area contributed by atoms with E-state index in [1.165, 1.54) is 12.8 Å². The summed E-state index contributed by atoms with van der Waals surface area (Å²) in [5.41, 5.74) is 7.76. The Bertz CT molecular complexity index is 572. The third kappa shape index (κ3) is 1.74. The van der Waals surface area contributed by atoms with Crippen LogP contribution >= 0.6 is 15.9 Å². The van der Waals surface area contributed by atoms with E-state index in [1.54, 1.807) is 0 Å². The zero-order valence-electron chi connectivity index (χ0n) is 9.52. The highest BCUT2D eigenvalue weighted by Gasteiger charge is 2.29. The maximum absolute atomic E-state index is 6.09. The molecule has 0 amide bonds. The van der Waals surface area contributed by atoms with Crippen molar-refractivity contribution in [3.8, 4) is 11.4 Å². The Morgan fingerprint density at radius 1 is 1.35 bits per heavy atom. The van der Waals surface area contributed by atoms with Crippen LogP contribution in [0.25, 0.3) is 11.4 Å². The lowest BCUT2D eigenvalue weighted by atomic mass is 10.1. The molecule has 5 heteroatoms. The predicted molar refractivity (Wildman–Crippen MR) is 70.6 cm³/mol. The quantitative estimate of drug-likeness (QED) is 0.866. The number of para-hydroxylation sites is 1. The number of nitrogens with zero attached hydrogens (tertiary/aromatic N) is 3. The highest BCUT2D eigenvalue weighted by Crippen LogP contribution is 2.40. The maximum Gasteiger partial charge on any atom is 0.166 e. The Kier molecular flexibility index (Phi) is 2.43. The minimum atomic E-state index is 0.554. The van der Waals surface area contributed by atoms with Gasteiger partial charge < -0.3 is 10.3 Å². The molecule has 1 aromatic heterocycles. The molecule has 4 nitrogen and oxygen atoms in total. The van der Waals surface area contributed by atoms with E-state index in [4.69, 9.17) is 5.73 Å². The van der Waals surface area contributed by atoms with Gasteiger partial charge in [0.15, 0.2) is 5.82 Å². The van der Waals surface area contributed by atoms with Gasteiger partial charge in [0.05, 0.1) is 5.69 Å². The first kappa shape index (κ1) is 10.8. The minimum Gasteiger partial charge on any atom is -0.397 e. The van der Waals surface area contributed by atoms with Crippen molar-refractivity contribution in [1.29, 1.82) is 0 Å². The van der Waals surface area contributed by atoms with E-state index in [9.17, 15) is 0 Å². The Morgan fingerprint density at radius 2 is 2.12 bits per heavy atom. The number of hydrogen-bond donors (Lipinski definition) is 1. The van der Waals surface area contributed by atoms with Crippen LogP contribution in [-0.2, 0) is 0 Å². The molecule has 1 aliphatic carbocycles. The second-order valence-corrected chi connectivity index (χ2v) is 5.23. The minimum absolute atomic E-state index is 0.554. The first-order valence-corrected chi connectivity index (χ1v) is 6.43. The average Bonchev–Trinajstić information content (AvgIpc) is 3.07. The molecule has 3 rings (SSSR count). The third-order valence-electron chi connectivity index (χ3n) is 3.07. The summed E-state index contributed by atoms with van der Waals surface area (Å²) in [6.07, 6.45) is 2.42. The number of anilines is 1. The van der Waals surface area contributed by atoms with E-state index in [2.05, 4.69) is 30.7 Å². The van der Waals surface area contributed by atoms with Gasteiger partial charge in [0.25, 0.3) is 0 Å². The van der Waals surface area contributed by atoms with Crippen LogP contribution in [0.2, 0.25) is 0 Å². The molecule has 1 heterocycles. The first-order chi connectivity index (χ1) is 8.18. The molecule has 1 aliphatic rings. The second-order valence-electron chi connectivity index (χ2n) is 4.37. The van der Waals surface area contributed by atoms with Crippen LogP contribution in [0, 0.1) is 6.92 Å². The summed E-state index contributed by atoms with van der Waals surface area (Å²) in [4.78, 5) is 0. The molecule has 0 aliphatic heterocycles. The van der Waals surface area contributed by atoms with Gasteiger partial charge in [0, 0.05) is 16.1 Å². The van der Waals surface area contributed by atoms with E-state index in [1.807, 2.05) is 25.1 Å². The van der Waals surface area contributed by atoms with Gasteiger partial charge in [-0.3, -0.25) is 0 Å². The molecule has 88 valence electrons. The molecule has 0 unspecified atom stereocenters. The van der Waals surface area contributed by atoms with E-state index >= 15 is 0 Å². The average molecular weight is 293 g/mol. The van der Waals surface area contributed by atoms with Crippen LogP contribution in [-0.4, -0.2) is 14.8 Å². The molecule has 1 saturated carbocycles. The van der Waals surface area contributed by atoms with Crippen molar-refractivity contribution in [2.45, 2.75) is 25.8 Å². The summed E-state index contributed by atoms with van der Waals surface area (Å²) in [5, 5.41) is 8.43. The first-order valence-electron chi connectivity index (χ1n) is 5.64. The van der Waals surface area contributed by atoms with Crippen molar-refractivity contribution in [3.05, 3.63) is 28.5 Å². The highest BCUT2D eigenvalue weighted by molar-refractivity contribution is 9.10. The standard InChI is InChI=1S/C12H13BrN4/c1-7-15-16-12(17(7)8-5-6-8)9-3-2-4-10(13)11(9)14/h2-4,8H,5-6,14H2,1H3. The van der Waals surface area contributed by atoms with Crippen molar-refractivity contribution in [3.63, 3.8) is 0 Å². The molecule has 0 saturated heterocycles. The molecule has 2 N–H and O–H groups in total. The largest absolute Gasteiger partial charge is 0.397 e. The van der Waals surface area contributed by atoms with Gasteiger partial charge in [0.1, 0.15) is 5.82 Å². The van der Waals surface area contributed by atoms with E-state index in [0.717, 1.165) is 27.4 Å². The third-order valence-corrected chi connectivity index (χ3v) is 3.76. The Balaban J connectivity index is 2.18. The Labute approximate surface area is 108 Å². The molecular weight excluding hydrogens is 280 g/mol. The summed E-state index contributed by atoms with van der Waals surface area (Å²) in [5.74, 6) is 1.84. The molecular formula is C12H13BrN4. The number of hydrogen-bond acceptors (Lipinski definition) is 3. The van der Waals surface area contributed by atoms with Crippen LogP contribution in [0.1, 0.15) is 24.7 Å². The van der Waals surface area contributed by atoms with Crippen molar-refractivity contribution in [1.82, 2.24) is 14.8 Å². The summed E-state index contributed by atoms with van der Waals surface area (Å²) in [7, 11) is 0. The Morgan fingerprint density at radius 3 is 2.82 bits per heavy atom. The number of halogens is 1. The van der Waals surface area contributed by atoms with Crippen molar-refractivity contribution in [2.24, 2.45) is 0 Å². The number of benzene rings is 1. The van der Waals surface area contributed by atoms with Gasteiger partial charge in [-0.15, -0.1) is 10.2 Å². The number of rotatable bonds is 2. The highest BCUT2D eigenvalue weighted by atomic mass is 79.9. The SMILES string of the molecule is Cc1nnc(-c2cccc(Br)c2N)n1C1CC1. The lowest BCUT2D eigenvalue weighted by Crippen LogP contribution is -2.02. The van der Waals surface area contributed by atoms with Crippen molar-refractivity contribution in [2.75, 3.05) is 5.73 Å². The zero-order chi connectivity index (χ0) is 12.0. The molecule has 0 spiro atoms. The fraction of sp³-hybridized carbons (Fsp3) is 0.333. The zero-order valence-corrected chi connectivity index (χ0v) is 11.1. The van der Waals surface area contributed by atoms with Crippen LogP contribution in [0.3, 0.4) is 0 Å². The summed E-state index contributed by atoms with van der Waals surface area (Å²) in [6.45, 7) is 1.99. The Hall–Kier alpha value is -1.36. The van der Waals surface area contributed by atoms with Gasteiger partial charge in [-0.2, -0.15) is 0 Å². The summed E-state index contributed by atoms with van der Waals surface area (Å²) >= 11 is 3.44. The van der Waals surface area contributed by atoms with Crippen LogP contribution in [0.5, 0.6) is 0 Å². The van der Waals surface area contributed by atoms with Crippen molar-refractivity contribution >= 4 is 21.6 Å². The maximum atomic E-state index is 6.09. The fourth-order valence-corrected chi connectivity index (χ4v) is 2.42. The van der Waals surface area contributed by atoms with Gasteiger partial charge in [-0.05, 0) is 47.8 Å². The van der Waals surface area contributed by atoms with Gasteiger partial charge in [0.2, 0.25) is 0 Å². The molecule has 1 aromatic carbocycles.